The van der Waals surface area contributed by atoms with Gasteiger partial charge in [0, 0.05) is 28.0 Å². The summed E-state index contributed by atoms with van der Waals surface area (Å²) in [5, 5.41) is 6.48. The van der Waals surface area contributed by atoms with E-state index in [1.165, 1.54) is 11.3 Å². The van der Waals surface area contributed by atoms with Gasteiger partial charge in [0.05, 0.1) is 5.69 Å². The number of carbonyl (C=O) groups is 1. The maximum atomic E-state index is 12.5. The van der Waals surface area contributed by atoms with Crippen molar-refractivity contribution in [3.8, 4) is 22.2 Å². The van der Waals surface area contributed by atoms with Gasteiger partial charge in [0.25, 0.3) is 5.91 Å². The third kappa shape index (κ3) is 2.58. The van der Waals surface area contributed by atoms with E-state index in [0.717, 1.165) is 21.6 Å². The van der Waals surface area contributed by atoms with Crippen LogP contribution in [0, 0.1) is 0 Å². The first-order valence-electron chi connectivity index (χ1n) is 8.01. The van der Waals surface area contributed by atoms with E-state index >= 15 is 0 Å². The second-order valence-electron chi connectivity index (χ2n) is 5.83. The van der Waals surface area contributed by atoms with E-state index in [1.807, 2.05) is 30.3 Å². The van der Waals surface area contributed by atoms with Gasteiger partial charge in [0.1, 0.15) is 10.7 Å². The zero-order valence-electron chi connectivity index (χ0n) is 13.5. The van der Waals surface area contributed by atoms with Gasteiger partial charge in [-0.25, -0.2) is 4.98 Å². The van der Waals surface area contributed by atoms with E-state index in [-0.39, 0.29) is 12.7 Å². The van der Waals surface area contributed by atoms with E-state index in [2.05, 4.69) is 15.3 Å². The number of nitrogens with one attached hydrogen (secondary N) is 2. The third-order valence-electron chi connectivity index (χ3n) is 4.13. The Morgan fingerprint density at radius 1 is 1.12 bits per heavy atom. The molecule has 128 valence electrons. The number of hydrogen-bond acceptors (Lipinski definition) is 5. The molecule has 26 heavy (non-hydrogen) atoms. The number of hydrogen-bond donors (Lipinski definition) is 2. The van der Waals surface area contributed by atoms with E-state index < -0.39 is 0 Å². The molecule has 2 N–H and O–H groups in total. The summed E-state index contributed by atoms with van der Waals surface area (Å²) < 4.78 is 10.6. The number of nitrogens with zero attached hydrogens (tertiary/aromatic N) is 1. The monoisotopic (exact) mass is 363 g/mol. The molecule has 2 aromatic heterocycles. The average molecular weight is 363 g/mol. The lowest BCUT2D eigenvalue weighted by atomic mass is 10.2. The highest BCUT2D eigenvalue weighted by atomic mass is 32.1. The van der Waals surface area contributed by atoms with Crippen LogP contribution in [0.1, 0.15) is 10.5 Å². The summed E-state index contributed by atoms with van der Waals surface area (Å²) in [5.74, 6) is 1.04. The predicted octanol–water partition coefficient (Wildman–Crippen LogP) is 4.27. The zero-order valence-corrected chi connectivity index (χ0v) is 14.3. The van der Waals surface area contributed by atoms with Crippen LogP contribution in [0.5, 0.6) is 11.5 Å². The summed E-state index contributed by atoms with van der Waals surface area (Å²) in [4.78, 5) is 20.3. The molecule has 0 radical (unpaired) electrons. The Kier molecular flexibility index (Phi) is 3.39. The van der Waals surface area contributed by atoms with Crippen LogP contribution < -0.4 is 14.8 Å². The fourth-order valence-electron chi connectivity index (χ4n) is 2.86. The Balaban J connectivity index is 1.38. The largest absolute Gasteiger partial charge is 0.454 e. The molecule has 1 amide bonds. The summed E-state index contributed by atoms with van der Waals surface area (Å²) in [7, 11) is 0. The van der Waals surface area contributed by atoms with Crippen molar-refractivity contribution in [3.05, 3.63) is 59.6 Å². The number of fused-ring (bicyclic) bond motifs is 2. The Bertz CT molecular complexity index is 1100. The SMILES string of the molecule is O=C(Nc1ccc2c(c1)OCO2)c1csc(-c2cc3ccccc3[nH]2)n1. The molecule has 1 aliphatic rings. The quantitative estimate of drug-likeness (QED) is 0.570. The highest BCUT2D eigenvalue weighted by Crippen LogP contribution is 2.34. The molecule has 0 fully saturated rings. The molecule has 3 heterocycles. The molecular weight excluding hydrogens is 350 g/mol. The summed E-state index contributed by atoms with van der Waals surface area (Å²) in [5.41, 5.74) is 2.96. The first-order valence-corrected chi connectivity index (χ1v) is 8.89. The van der Waals surface area contributed by atoms with Crippen LogP contribution in [-0.4, -0.2) is 22.7 Å². The summed E-state index contributed by atoms with van der Waals surface area (Å²) in [6.45, 7) is 0.201. The molecule has 6 nitrogen and oxygen atoms in total. The number of ether oxygens (including phenoxy) is 2. The minimum absolute atomic E-state index is 0.201. The van der Waals surface area contributed by atoms with E-state index in [4.69, 9.17) is 9.47 Å². The van der Waals surface area contributed by atoms with Gasteiger partial charge in [-0.3, -0.25) is 4.79 Å². The smallest absolute Gasteiger partial charge is 0.275 e. The first-order chi connectivity index (χ1) is 12.8. The molecular formula is C19H13N3O3S. The molecule has 1 aliphatic heterocycles. The van der Waals surface area contributed by atoms with Crippen molar-refractivity contribution in [3.63, 3.8) is 0 Å². The lowest BCUT2D eigenvalue weighted by Crippen LogP contribution is -2.12. The zero-order chi connectivity index (χ0) is 17.5. The van der Waals surface area contributed by atoms with E-state index in [1.54, 1.807) is 23.6 Å². The van der Waals surface area contributed by atoms with Gasteiger partial charge < -0.3 is 19.8 Å². The fraction of sp³-hybridized carbons (Fsp3) is 0.0526. The Morgan fingerprint density at radius 2 is 2.00 bits per heavy atom. The highest BCUT2D eigenvalue weighted by Gasteiger charge is 2.17. The first kappa shape index (κ1) is 15.0. The summed E-state index contributed by atoms with van der Waals surface area (Å²) in [6.07, 6.45) is 0. The summed E-state index contributed by atoms with van der Waals surface area (Å²) in [6, 6.07) is 15.3. The van der Waals surface area contributed by atoms with Crippen molar-refractivity contribution in [2.24, 2.45) is 0 Å². The van der Waals surface area contributed by atoms with Crippen molar-refractivity contribution in [2.45, 2.75) is 0 Å². The second-order valence-corrected chi connectivity index (χ2v) is 6.69. The number of carbonyl (C=O) groups excluding carboxylic acids is 1. The Morgan fingerprint density at radius 3 is 2.92 bits per heavy atom. The molecule has 0 atom stereocenters. The van der Waals surface area contributed by atoms with Crippen LogP contribution >= 0.6 is 11.3 Å². The molecule has 0 saturated carbocycles. The molecule has 0 unspecified atom stereocenters. The number of rotatable bonds is 3. The van der Waals surface area contributed by atoms with Gasteiger partial charge in [0.15, 0.2) is 11.5 Å². The van der Waals surface area contributed by atoms with Crippen LogP contribution in [0.3, 0.4) is 0 Å². The minimum Gasteiger partial charge on any atom is -0.454 e. The number of amides is 1. The number of aromatic nitrogens is 2. The molecule has 4 aromatic rings. The molecule has 0 aliphatic carbocycles. The number of thiazole rings is 1. The van der Waals surface area contributed by atoms with Crippen molar-refractivity contribution in [2.75, 3.05) is 12.1 Å². The van der Waals surface area contributed by atoms with Crippen LogP contribution in [0.15, 0.2) is 53.9 Å². The predicted molar refractivity (Wildman–Crippen MR) is 99.9 cm³/mol. The van der Waals surface area contributed by atoms with Crippen LogP contribution in [0.25, 0.3) is 21.6 Å². The number of anilines is 1. The van der Waals surface area contributed by atoms with E-state index in [0.29, 0.717) is 22.9 Å². The minimum atomic E-state index is -0.262. The van der Waals surface area contributed by atoms with Gasteiger partial charge in [-0.05, 0) is 24.3 Å². The highest BCUT2D eigenvalue weighted by molar-refractivity contribution is 7.13. The number of benzene rings is 2. The lowest BCUT2D eigenvalue weighted by Gasteiger charge is -2.04. The topological polar surface area (TPSA) is 76.2 Å². The average Bonchev–Trinajstić information content (AvgIpc) is 3.39. The molecule has 0 saturated heterocycles. The van der Waals surface area contributed by atoms with Crippen molar-refractivity contribution in [1.82, 2.24) is 9.97 Å². The van der Waals surface area contributed by atoms with Gasteiger partial charge in [0.2, 0.25) is 6.79 Å². The van der Waals surface area contributed by atoms with Crippen LogP contribution in [0.2, 0.25) is 0 Å². The van der Waals surface area contributed by atoms with Crippen molar-refractivity contribution < 1.29 is 14.3 Å². The molecule has 5 rings (SSSR count). The lowest BCUT2D eigenvalue weighted by molar-refractivity contribution is 0.102. The van der Waals surface area contributed by atoms with Gasteiger partial charge >= 0.3 is 0 Å². The summed E-state index contributed by atoms with van der Waals surface area (Å²) >= 11 is 1.43. The maximum Gasteiger partial charge on any atom is 0.275 e. The van der Waals surface area contributed by atoms with Crippen LogP contribution in [0.4, 0.5) is 5.69 Å². The van der Waals surface area contributed by atoms with Crippen LogP contribution in [-0.2, 0) is 0 Å². The van der Waals surface area contributed by atoms with Crippen molar-refractivity contribution >= 4 is 33.8 Å². The number of aromatic amines is 1. The molecule has 0 spiro atoms. The Labute approximate surface area is 152 Å². The Hall–Kier alpha value is -3.32. The fourth-order valence-corrected chi connectivity index (χ4v) is 3.63. The number of para-hydroxylation sites is 1. The maximum absolute atomic E-state index is 12.5. The van der Waals surface area contributed by atoms with Gasteiger partial charge in [-0.15, -0.1) is 11.3 Å². The van der Waals surface area contributed by atoms with Gasteiger partial charge in [-0.2, -0.15) is 0 Å². The van der Waals surface area contributed by atoms with Gasteiger partial charge in [-0.1, -0.05) is 18.2 Å². The standard InChI is InChI=1S/C19H13N3O3S/c23-18(20-12-5-6-16-17(8-12)25-10-24-16)15-9-26-19(22-15)14-7-11-3-1-2-4-13(11)21-14/h1-9,21H,10H2,(H,20,23). The molecule has 2 aromatic carbocycles. The second kappa shape index (κ2) is 5.89. The van der Waals surface area contributed by atoms with Crippen molar-refractivity contribution in [1.29, 1.82) is 0 Å². The third-order valence-corrected chi connectivity index (χ3v) is 5.00. The molecule has 0 bridgehead atoms. The normalized spacial score (nSPS) is 12.5. The van der Waals surface area contributed by atoms with E-state index in [9.17, 15) is 4.79 Å². The number of H-pyrrole nitrogens is 1. The molecule has 7 heteroatoms.